The molecule has 3 unspecified atom stereocenters. The summed E-state index contributed by atoms with van der Waals surface area (Å²) in [6.07, 6.45) is 54.9. The summed E-state index contributed by atoms with van der Waals surface area (Å²) in [7, 11) is 0. The molecule has 1 amide bonds. The molecule has 0 aliphatic rings. The van der Waals surface area contributed by atoms with Gasteiger partial charge < -0.3 is 20.6 Å². The molecule has 0 aliphatic carbocycles. The van der Waals surface area contributed by atoms with Crippen molar-refractivity contribution in [2.24, 2.45) is 0 Å². The average molecular weight is 778 g/mol. The third kappa shape index (κ3) is 42.5. The van der Waals surface area contributed by atoms with Crippen LogP contribution in [0.2, 0.25) is 0 Å². The molecule has 0 fully saturated rings. The number of carbonyl (C=O) groups excluding carboxylic acids is 1. The van der Waals surface area contributed by atoms with Crippen LogP contribution >= 0.6 is 0 Å². The van der Waals surface area contributed by atoms with Crippen molar-refractivity contribution < 1.29 is 20.1 Å². The molecule has 0 saturated carbocycles. The highest BCUT2D eigenvalue weighted by Gasteiger charge is 2.21. The minimum atomic E-state index is -0.746. The van der Waals surface area contributed by atoms with E-state index in [-0.39, 0.29) is 18.9 Å². The maximum Gasteiger partial charge on any atom is 0.222 e. The number of hydrogen-bond acceptors (Lipinski definition) is 4. The van der Waals surface area contributed by atoms with Gasteiger partial charge in [-0.05, 0) is 38.5 Å². The smallest absolute Gasteiger partial charge is 0.222 e. The van der Waals surface area contributed by atoms with Crippen molar-refractivity contribution in [3.63, 3.8) is 0 Å². The number of aliphatic hydroxyl groups is 3. The standard InChI is InChI=1S/C50H99NO4/c1-3-5-7-9-11-13-15-17-19-20-21-22-23-24-25-26-27-28-29-30-31-33-35-37-39-41-43-47(53)45-50(55)51-48(46-52)49(54)44-42-40-38-36-34-32-18-16-14-12-10-8-6-4-2/h24-25,47-49,52-54H,3-23,26-46H2,1-2H3,(H,51,55)/b25-24-. The fourth-order valence-electron chi connectivity index (χ4n) is 7.99. The summed E-state index contributed by atoms with van der Waals surface area (Å²) in [4.78, 5) is 12.5. The lowest BCUT2D eigenvalue weighted by molar-refractivity contribution is -0.125. The number of unbranched alkanes of at least 4 members (excludes halogenated alkanes) is 35. The van der Waals surface area contributed by atoms with Crippen LogP contribution in [0.3, 0.4) is 0 Å². The van der Waals surface area contributed by atoms with Crippen molar-refractivity contribution >= 4 is 5.91 Å². The minimum absolute atomic E-state index is 0.0390. The summed E-state index contributed by atoms with van der Waals surface area (Å²) >= 11 is 0. The highest BCUT2D eigenvalue weighted by molar-refractivity contribution is 5.76. The van der Waals surface area contributed by atoms with Gasteiger partial charge in [0.25, 0.3) is 0 Å². The Morgan fingerprint density at radius 1 is 0.436 bits per heavy atom. The summed E-state index contributed by atoms with van der Waals surface area (Å²) in [6, 6.07) is -0.655. The Kier molecular flexibility index (Phi) is 45.0. The first-order valence-corrected chi connectivity index (χ1v) is 25.0. The predicted molar refractivity (Wildman–Crippen MR) is 241 cm³/mol. The zero-order chi connectivity index (χ0) is 40.1. The lowest BCUT2D eigenvalue weighted by atomic mass is 10.0. The highest BCUT2D eigenvalue weighted by atomic mass is 16.3. The molecular formula is C50H99NO4. The van der Waals surface area contributed by atoms with Gasteiger partial charge in [0, 0.05) is 0 Å². The molecule has 55 heavy (non-hydrogen) atoms. The van der Waals surface area contributed by atoms with E-state index in [4.69, 9.17) is 0 Å². The third-order valence-corrected chi connectivity index (χ3v) is 11.8. The molecule has 0 radical (unpaired) electrons. The average Bonchev–Trinajstić information content (AvgIpc) is 3.18. The molecule has 5 nitrogen and oxygen atoms in total. The van der Waals surface area contributed by atoms with E-state index in [0.717, 1.165) is 25.7 Å². The topological polar surface area (TPSA) is 89.8 Å². The van der Waals surface area contributed by atoms with Crippen LogP contribution in [0.1, 0.15) is 277 Å². The molecule has 0 rings (SSSR count). The fraction of sp³-hybridized carbons (Fsp3) is 0.940. The maximum atomic E-state index is 12.5. The number of amides is 1. The Labute approximate surface area is 344 Å². The van der Waals surface area contributed by atoms with Gasteiger partial charge >= 0.3 is 0 Å². The number of nitrogens with one attached hydrogen (secondary N) is 1. The van der Waals surface area contributed by atoms with Crippen molar-refractivity contribution in [2.45, 2.75) is 295 Å². The maximum absolute atomic E-state index is 12.5. The first-order chi connectivity index (χ1) is 27.0. The first-order valence-electron chi connectivity index (χ1n) is 25.0. The lowest BCUT2D eigenvalue weighted by Crippen LogP contribution is -2.46. The zero-order valence-corrected chi connectivity index (χ0v) is 37.3. The molecule has 328 valence electrons. The van der Waals surface area contributed by atoms with E-state index in [1.807, 2.05) is 0 Å². The van der Waals surface area contributed by atoms with Gasteiger partial charge in [0.05, 0.1) is 31.3 Å². The van der Waals surface area contributed by atoms with E-state index in [9.17, 15) is 20.1 Å². The van der Waals surface area contributed by atoms with E-state index in [1.54, 1.807) is 0 Å². The first kappa shape index (κ1) is 54.1. The SMILES string of the molecule is CCCCCCCCCCCCCC/C=C\CCCCCCCCCCCCC(O)CC(=O)NC(CO)C(O)CCCCCCCCCCCCCCCC. The number of hydrogen-bond donors (Lipinski definition) is 4. The van der Waals surface area contributed by atoms with Crippen LogP contribution in [0.5, 0.6) is 0 Å². The second kappa shape index (κ2) is 45.8. The van der Waals surface area contributed by atoms with Gasteiger partial charge in [0.15, 0.2) is 0 Å². The number of allylic oxidation sites excluding steroid dienone is 2. The van der Waals surface area contributed by atoms with Crippen molar-refractivity contribution in [1.82, 2.24) is 5.32 Å². The number of rotatable bonds is 46. The van der Waals surface area contributed by atoms with Crippen molar-refractivity contribution in [2.75, 3.05) is 6.61 Å². The minimum Gasteiger partial charge on any atom is -0.394 e. The Balaban J connectivity index is 3.53. The van der Waals surface area contributed by atoms with Crippen LogP contribution in [0.25, 0.3) is 0 Å². The van der Waals surface area contributed by atoms with Gasteiger partial charge in [-0.1, -0.05) is 244 Å². The van der Waals surface area contributed by atoms with Gasteiger partial charge in [0.1, 0.15) is 0 Å². The van der Waals surface area contributed by atoms with Gasteiger partial charge in [-0.15, -0.1) is 0 Å². The summed E-state index contributed by atoms with van der Waals surface area (Å²) < 4.78 is 0. The Morgan fingerprint density at radius 2 is 0.727 bits per heavy atom. The second-order valence-corrected chi connectivity index (χ2v) is 17.4. The van der Waals surface area contributed by atoms with Crippen LogP contribution in [-0.2, 0) is 4.79 Å². The molecule has 0 aromatic rings. The van der Waals surface area contributed by atoms with Gasteiger partial charge in [-0.25, -0.2) is 0 Å². The van der Waals surface area contributed by atoms with Crippen LogP contribution < -0.4 is 5.32 Å². The molecule has 0 aliphatic heterocycles. The molecule has 0 heterocycles. The van der Waals surface area contributed by atoms with E-state index in [2.05, 4.69) is 31.3 Å². The van der Waals surface area contributed by atoms with E-state index < -0.39 is 18.2 Å². The molecule has 0 bridgehead atoms. The normalized spacial score (nSPS) is 13.5. The molecule has 5 heteroatoms. The lowest BCUT2D eigenvalue weighted by Gasteiger charge is -2.23. The van der Waals surface area contributed by atoms with Crippen molar-refractivity contribution in [3.05, 3.63) is 12.2 Å². The molecule has 3 atom stereocenters. The van der Waals surface area contributed by atoms with Gasteiger partial charge in [-0.2, -0.15) is 0 Å². The summed E-state index contributed by atoms with van der Waals surface area (Å²) in [5.41, 5.74) is 0. The van der Waals surface area contributed by atoms with Gasteiger partial charge in [0.2, 0.25) is 5.91 Å². The zero-order valence-electron chi connectivity index (χ0n) is 37.3. The number of aliphatic hydroxyl groups excluding tert-OH is 3. The third-order valence-electron chi connectivity index (χ3n) is 11.8. The highest BCUT2D eigenvalue weighted by Crippen LogP contribution is 2.17. The van der Waals surface area contributed by atoms with Crippen LogP contribution in [0.15, 0.2) is 12.2 Å². The summed E-state index contributed by atoms with van der Waals surface area (Å²) in [5, 5.41) is 33.5. The fourth-order valence-corrected chi connectivity index (χ4v) is 7.99. The largest absolute Gasteiger partial charge is 0.394 e. The molecule has 0 saturated heterocycles. The Morgan fingerprint density at radius 3 is 1.05 bits per heavy atom. The molecule has 0 spiro atoms. The van der Waals surface area contributed by atoms with E-state index in [1.165, 1.54) is 218 Å². The Bertz CT molecular complexity index is 773. The summed E-state index contributed by atoms with van der Waals surface area (Å²) in [6.45, 7) is 4.28. The quantitative estimate of drug-likeness (QED) is 0.0366. The molecule has 4 N–H and O–H groups in total. The van der Waals surface area contributed by atoms with E-state index in [0.29, 0.717) is 12.8 Å². The van der Waals surface area contributed by atoms with Crippen LogP contribution in [-0.4, -0.2) is 46.1 Å². The van der Waals surface area contributed by atoms with Gasteiger partial charge in [-0.3, -0.25) is 4.79 Å². The van der Waals surface area contributed by atoms with E-state index >= 15 is 0 Å². The molecule has 0 aromatic heterocycles. The van der Waals surface area contributed by atoms with Crippen molar-refractivity contribution in [3.8, 4) is 0 Å². The van der Waals surface area contributed by atoms with Crippen LogP contribution in [0.4, 0.5) is 0 Å². The Hall–Kier alpha value is -0.910. The summed E-state index contributed by atoms with van der Waals surface area (Å²) in [5.74, 6) is -0.280. The number of carbonyl (C=O) groups is 1. The van der Waals surface area contributed by atoms with Crippen LogP contribution in [0, 0.1) is 0 Å². The molecule has 0 aromatic carbocycles. The predicted octanol–water partition coefficient (Wildman–Crippen LogP) is 14.8. The second-order valence-electron chi connectivity index (χ2n) is 17.4. The van der Waals surface area contributed by atoms with Crippen molar-refractivity contribution in [1.29, 1.82) is 0 Å². The molecular weight excluding hydrogens is 679 g/mol. The monoisotopic (exact) mass is 778 g/mol.